The number of nitrogens with zero attached hydrogens (tertiary/aromatic N) is 2. The monoisotopic (exact) mass is 239 g/mol. The highest BCUT2D eigenvalue weighted by Gasteiger charge is 2.22. The summed E-state index contributed by atoms with van der Waals surface area (Å²) in [5, 5.41) is 8.91. The fourth-order valence-corrected chi connectivity index (χ4v) is 2.58. The first-order valence-corrected chi connectivity index (χ1v) is 6.20. The molecule has 0 bridgehead atoms. The van der Waals surface area contributed by atoms with E-state index in [1.165, 1.54) is 0 Å². The molecule has 1 aliphatic rings. The van der Waals surface area contributed by atoms with Crippen molar-refractivity contribution in [2.45, 2.75) is 25.0 Å². The molecule has 2 rings (SSSR count). The maximum Gasteiger partial charge on any atom is 0.313 e. The van der Waals surface area contributed by atoms with Crippen molar-refractivity contribution in [1.29, 1.82) is 0 Å². The molecule has 0 radical (unpaired) electrons. The van der Waals surface area contributed by atoms with Gasteiger partial charge in [0, 0.05) is 11.3 Å². The Morgan fingerprint density at radius 2 is 2.31 bits per heavy atom. The largest absolute Gasteiger partial charge is 0.481 e. The Balaban J connectivity index is 2.42. The lowest BCUT2D eigenvalue weighted by Gasteiger charge is -2.17. The van der Waals surface area contributed by atoms with E-state index in [0.29, 0.717) is 11.6 Å². The van der Waals surface area contributed by atoms with Gasteiger partial charge in [-0.1, -0.05) is 0 Å². The molecular weight excluding hydrogens is 226 g/mol. The van der Waals surface area contributed by atoms with E-state index >= 15 is 0 Å². The summed E-state index contributed by atoms with van der Waals surface area (Å²) in [6.45, 7) is 1.57. The average molecular weight is 239 g/mol. The van der Waals surface area contributed by atoms with Crippen molar-refractivity contribution < 1.29 is 9.90 Å². The Kier molecular flexibility index (Phi) is 3.00. The molecular formula is C10H13N3O2S. The zero-order valence-electron chi connectivity index (χ0n) is 8.93. The summed E-state index contributed by atoms with van der Waals surface area (Å²) in [5.74, 6) is 0.940. The average Bonchev–Trinajstić information content (AvgIpc) is 2.28. The number of carbonyl (C=O) groups is 1. The molecule has 0 amide bonds. The molecule has 6 heteroatoms. The maximum atomic E-state index is 10.9. The first kappa shape index (κ1) is 11.2. The molecule has 1 atom stereocenters. The maximum absolute atomic E-state index is 10.9. The van der Waals surface area contributed by atoms with Gasteiger partial charge in [0.2, 0.25) is 0 Å². The van der Waals surface area contributed by atoms with Gasteiger partial charge >= 0.3 is 5.97 Å². The second kappa shape index (κ2) is 4.29. The number of hydrogen-bond acceptors (Lipinski definition) is 5. The topological polar surface area (TPSA) is 89.1 Å². The first-order chi connectivity index (χ1) is 7.59. The molecule has 86 valence electrons. The van der Waals surface area contributed by atoms with Gasteiger partial charge in [-0.05, 0) is 19.1 Å². The van der Waals surface area contributed by atoms with Gasteiger partial charge in [-0.25, -0.2) is 9.97 Å². The number of hydrogen-bond donors (Lipinski definition) is 2. The summed E-state index contributed by atoms with van der Waals surface area (Å²) < 4.78 is 0. The summed E-state index contributed by atoms with van der Waals surface area (Å²) in [6, 6.07) is 0. The zero-order valence-corrected chi connectivity index (χ0v) is 9.75. The van der Waals surface area contributed by atoms with Crippen LogP contribution >= 0.6 is 11.8 Å². The molecule has 16 heavy (non-hydrogen) atoms. The van der Waals surface area contributed by atoms with E-state index in [9.17, 15) is 4.79 Å². The number of carboxylic acids is 1. The predicted molar refractivity (Wildman–Crippen MR) is 62.4 cm³/mol. The van der Waals surface area contributed by atoms with Crippen molar-refractivity contribution in [3.63, 3.8) is 0 Å². The van der Waals surface area contributed by atoms with Gasteiger partial charge in [0.05, 0.1) is 5.69 Å². The molecule has 0 saturated heterocycles. The summed E-state index contributed by atoms with van der Waals surface area (Å²) in [7, 11) is 0. The SMILES string of the molecule is CC(C(=O)O)c1nc(N)c2c(n1)CCSC2. The van der Waals surface area contributed by atoms with Crippen molar-refractivity contribution in [2.24, 2.45) is 0 Å². The van der Waals surface area contributed by atoms with Crippen LogP contribution in [0, 0.1) is 0 Å². The van der Waals surface area contributed by atoms with Gasteiger partial charge in [-0.3, -0.25) is 4.79 Å². The highest BCUT2D eigenvalue weighted by Crippen LogP contribution is 2.28. The van der Waals surface area contributed by atoms with Gasteiger partial charge < -0.3 is 10.8 Å². The van der Waals surface area contributed by atoms with Gasteiger partial charge in [0.1, 0.15) is 17.6 Å². The van der Waals surface area contributed by atoms with Crippen LogP contribution in [0.5, 0.6) is 0 Å². The second-order valence-corrected chi connectivity index (χ2v) is 4.86. The minimum atomic E-state index is -0.926. The summed E-state index contributed by atoms with van der Waals surface area (Å²) >= 11 is 1.80. The quantitative estimate of drug-likeness (QED) is 0.801. The third-order valence-electron chi connectivity index (χ3n) is 2.63. The molecule has 2 heterocycles. The van der Waals surface area contributed by atoms with Crippen LogP contribution in [0.2, 0.25) is 0 Å². The minimum Gasteiger partial charge on any atom is -0.481 e. The lowest BCUT2D eigenvalue weighted by atomic mass is 10.1. The van der Waals surface area contributed by atoms with Crippen LogP contribution in [0.1, 0.15) is 29.9 Å². The van der Waals surface area contributed by atoms with E-state index in [2.05, 4.69) is 9.97 Å². The fraction of sp³-hybridized carbons (Fsp3) is 0.500. The zero-order chi connectivity index (χ0) is 11.7. The Morgan fingerprint density at radius 3 is 3.00 bits per heavy atom. The van der Waals surface area contributed by atoms with Crippen LogP contribution < -0.4 is 5.73 Å². The highest BCUT2D eigenvalue weighted by atomic mass is 32.2. The van der Waals surface area contributed by atoms with Crippen LogP contribution in [0.25, 0.3) is 0 Å². The predicted octanol–water partition coefficient (Wildman–Crippen LogP) is 1.04. The van der Waals surface area contributed by atoms with Crippen LogP contribution in [-0.4, -0.2) is 26.8 Å². The second-order valence-electron chi connectivity index (χ2n) is 3.75. The van der Waals surface area contributed by atoms with Crippen LogP contribution in [0.4, 0.5) is 5.82 Å². The molecule has 3 N–H and O–H groups in total. The number of aromatic nitrogens is 2. The molecule has 5 nitrogen and oxygen atoms in total. The van der Waals surface area contributed by atoms with E-state index < -0.39 is 11.9 Å². The third kappa shape index (κ3) is 1.97. The van der Waals surface area contributed by atoms with Gasteiger partial charge in [-0.2, -0.15) is 11.8 Å². The van der Waals surface area contributed by atoms with Crippen molar-refractivity contribution in [3.8, 4) is 0 Å². The standard InChI is InChI=1S/C10H13N3O2S/c1-5(10(14)15)9-12-7-2-3-16-4-6(7)8(11)13-9/h5H,2-4H2,1H3,(H,14,15)(H2,11,12,13). The highest BCUT2D eigenvalue weighted by molar-refractivity contribution is 7.98. The van der Waals surface area contributed by atoms with Crippen LogP contribution in [-0.2, 0) is 17.0 Å². The lowest BCUT2D eigenvalue weighted by molar-refractivity contribution is -0.138. The molecule has 0 spiro atoms. The number of nitrogens with two attached hydrogens (primary N) is 1. The number of anilines is 1. The van der Waals surface area contributed by atoms with Gasteiger partial charge in [0.15, 0.2) is 0 Å². The normalized spacial score (nSPS) is 16.6. The molecule has 0 aromatic carbocycles. The Bertz CT molecular complexity index is 436. The number of aliphatic carboxylic acids is 1. The molecule has 0 aliphatic carbocycles. The Morgan fingerprint density at radius 1 is 1.56 bits per heavy atom. The number of carboxylic acid groups (broad SMARTS) is 1. The molecule has 0 saturated carbocycles. The summed E-state index contributed by atoms with van der Waals surface area (Å²) in [5.41, 5.74) is 7.70. The number of thioether (sulfide) groups is 1. The Labute approximate surface area is 97.5 Å². The van der Waals surface area contributed by atoms with Crippen molar-refractivity contribution in [3.05, 3.63) is 17.1 Å². The van der Waals surface area contributed by atoms with Crippen molar-refractivity contribution >= 4 is 23.5 Å². The molecule has 1 aromatic heterocycles. The lowest BCUT2D eigenvalue weighted by Crippen LogP contribution is -2.17. The van der Waals surface area contributed by atoms with Gasteiger partial charge in [0.25, 0.3) is 0 Å². The van der Waals surface area contributed by atoms with E-state index in [1.54, 1.807) is 18.7 Å². The van der Waals surface area contributed by atoms with E-state index in [-0.39, 0.29) is 0 Å². The summed E-state index contributed by atoms with van der Waals surface area (Å²) in [6.07, 6.45) is 0.839. The van der Waals surface area contributed by atoms with E-state index in [1.807, 2.05) is 0 Å². The number of fused-ring (bicyclic) bond motifs is 1. The van der Waals surface area contributed by atoms with Crippen LogP contribution in [0.3, 0.4) is 0 Å². The number of rotatable bonds is 2. The Hall–Kier alpha value is -1.30. The smallest absolute Gasteiger partial charge is 0.313 e. The first-order valence-electron chi connectivity index (χ1n) is 5.05. The number of aryl methyl sites for hydroxylation is 1. The van der Waals surface area contributed by atoms with Crippen molar-refractivity contribution in [1.82, 2.24) is 9.97 Å². The van der Waals surface area contributed by atoms with Crippen LogP contribution in [0.15, 0.2) is 0 Å². The third-order valence-corrected chi connectivity index (χ3v) is 3.61. The molecule has 1 aliphatic heterocycles. The fourth-order valence-electron chi connectivity index (χ4n) is 1.58. The molecule has 1 aromatic rings. The number of nitrogen functional groups attached to an aromatic ring is 1. The summed E-state index contributed by atoms with van der Waals surface area (Å²) in [4.78, 5) is 19.2. The van der Waals surface area contributed by atoms with E-state index in [0.717, 1.165) is 29.2 Å². The minimum absolute atomic E-state index is 0.315. The van der Waals surface area contributed by atoms with Crippen molar-refractivity contribution in [2.75, 3.05) is 11.5 Å². The van der Waals surface area contributed by atoms with Gasteiger partial charge in [-0.15, -0.1) is 0 Å². The molecule has 1 unspecified atom stereocenters. The van der Waals surface area contributed by atoms with E-state index in [4.69, 9.17) is 10.8 Å². The molecule has 0 fully saturated rings.